The zero-order chi connectivity index (χ0) is 26.3. The Hall–Kier alpha value is -2.85. The summed E-state index contributed by atoms with van der Waals surface area (Å²) in [5.41, 5.74) is 0.879. The Morgan fingerprint density at radius 2 is 1.91 bits per heavy atom. The smallest absolute Gasteiger partial charge is 0.319 e. The molecule has 4 amide bonds. The van der Waals surface area contributed by atoms with Crippen LogP contribution in [0.1, 0.15) is 38.1 Å². The van der Waals surface area contributed by atoms with E-state index in [1.54, 1.807) is 37.3 Å². The Kier molecular flexibility index (Phi) is 10.3. The molecule has 0 saturated heterocycles. The third kappa shape index (κ3) is 8.10. The van der Waals surface area contributed by atoms with Crippen LogP contribution in [0, 0.1) is 5.92 Å². The van der Waals surface area contributed by atoms with Gasteiger partial charge >= 0.3 is 6.03 Å². The number of ether oxygens (including phenoxy) is 2. The summed E-state index contributed by atoms with van der Waals surface area (Å²) in [6.07, 6.45) is -0.254. The number of urea groups is 1. The number of benzene rings is 1. The van der Waals surface area contributed by atoms with E-state index in [1.807, 2.05) is 51.6 Å². The lowest BCUT2D eigenvalue weighted by atomic mass is 10.0. The first-order chi connectivity index (χ1) is 16.4. The van der Waals surface area contributed by atoms with Gasteiger partial charge in [-0.3, -0.25) is 9.59 Å². The summed E-state index contributed by atoms with van der Waals surface area (Å²) in [6.45, 7) is 9.00. The maximum absolute atomic E-state index is 13.3. The van der Waals surface area contributed by atoms with Crippen LogP contribution in [0.25, 0.3) is 0 Å². The lowest BCUT2D eigenvalue weighted by molar-refractivity contribution is -0.136. The van der Waals surface area contributed by atoms with E-state index in [0.717, 1.165) is 0 Å². The van der Waals surface area contributed by atoms with Gasteiger partial charge in [0.1, 0.15) is 12.4 Å². The molecule has 3 atom stereocenters. The van der Waals surface area contributed by atoms with Crippen molar-refractivity contribution in [3.8, 4) is 5.75 Å². The standard InChI is InChI=1S/C25H41N5O5/c1-16(2)26-25(33)27-19-9-10-20-21(11-19)35-15-18(4)30(23(31)14-28(5)6)12-17(3)22(34-8)13-29(7)24(20)32/h9-11,16-18,22H,12-15H2,1-8H3,(H2,26,27,33)/t17-,18-,22-/m0/s1. The van der Waals surface area contributed by atoms with Crippen LogP contribution in [0.2, 0.25) is 0 Å². The van der Waals surface area contributed by atoms with E-state index in [-0.39, 0.29) is 55.1 Å². The van der Waals surface area contributed by atoms with E-state index < -0.39 is 0 Å². The Bertz CT molecular complexity index is 891. The van der Waals surface area contributed by atoms with E-state index >= 15 is 0 Å². The summed E-state index contributed by atoms with van der Waals surface area (Å²) < 4.78 is 11.8. The number of nitrogens with one attached hydrogen (secondary N) is 2. The molecule has 0 spiro atoms. The van der Waals surface area contributed by atoms with Crippen LogP contribution >= 0.6 is 0 Å². The molecule has 0 aliphatic carbocycles. The highest BCUT2D eigenvalue weighted by atomic mass is 16.5. The predicted octanol–water partition coefficient (Wildman–Crippen LogP) is 2.11. The summed E-state index contributed by atoms with van der Waals surface area (Å²) in [7, 11) is 7.06. The third-order valence-electron chi connectivity index (χ3n) is 5.90. The van der Waals surface area contributed by atoms with Crippen molar-refractivity contribution >= 4 is 23.5 Å². The fourth-order valence-electron chi connectivity index (χ4n) is 3.99. The number of anilines is 1. The highest BCUT2D eigenvalue weighted by Crippen LogP contribution is 2.27. The van der Waals surface area contributed by atoms with E-state index in [2.05, 4.69) is 10.6 Å². The number of methoxy groups -OCH3 is 1. The van der Waals surface area contributed by atoms with Crippen LogP contribution in [0.4, 0.5) is 10.5 Å². The van der Waals surface area contributed by atoms with Gasteiger partial charge in [0, 0.05) is 51.0 Å². The van der Waals surface area contributed by atoms with Gasteiger partial charge in [-0.1, -0.05) is 6.92 Å². The molecule has 0 fully saturated rings. The van der Waals surface area contributed by atoms with Gasteiger partial charge in [0.2, 0.25) is 5.91 Å². The second kappa shape index (κ2) is 12.7. The summed E-state index contributed by atoms with van der Waals surface area (Å²) in [5.74, 6) is 0.129. The SMILES string of the molecule is CO[C@H]1CN(C)C(=O)c2ccc(NC(=O)NC(C)C)cc2OC[C@H](C)N(C(=O)CN(C)C)C[C@@H]1C. The molecule has 1 aromatic rings. The number of rotatable bonds is 5. The normalized spacial score (nSPS) is 21.7. The molecule has 0 aromatic heterocycles. The molecule has 0 bridgehead atoms. The molecule has 35 heavy (non-hydrogen) atoms. The number of carbonyl (C=O) groups is 3. The molecule has 10 heteroatoms. The molecule has 10 nitrogen and oxygen atoms in total. The molecular formula is C25H41N5O5. The zero-order valence-electron chi connectivity index (χ0n) is 22.3. The van der Waals surface area contributed by atoms with E-state index in [4.69, 9.17) is 9.47 Å². The van der Waals surface area contributed by atoms with Gasteiger partial charge < -0.3 is 34.8 Å². The minimum Gasteiger partial charge on any atom is -0.491 e. The number of carbonyl (C=O) groups excluding carboxylic acids is 3. The first-order valence-electron chi connectivity index (χ1n) is 12.0. The highest BCUT2D eigenvalue weighted by molar-refractivity contribution is 5.98. The average Bonchev–Trinajstić information content (AvgIpc) is 2.76. The summed E-state index contributed by atoms with van der Waals surface area (Å²) in [4.78, 5) is 43.8. The molecule has 1 aromatic carbocycles. The van der Waals surface area contributed by atoms with Gasteiger partial charge in [-0.2, -0.15) is 0 Å². The number of amides is 4. The first-order valence-corrected chi connectivity index (χ1v) is 12.0. The average molecular weight is 492 g/mol. The molecule has 2 N–H and O–H groups in total. The number of hydrogen-bond acceptors (Lipinski definition) is 6. The molecule has 196 valence electrons. The molecule has 0 unspecified atom stereocenters. The van der Waals surface area contributed by atoms with E-state index in [9.17, 15) is 14.4 Å². The molecule has 1 aliphatic rings. The van der Waals surface area contributed by atoms with Crippen molar-refractivity contribution in [2.24, 2.45) is 5.92 Å². The van der Waals surface area contributed by atoms with Gasteiger partial charge in [0.15, 0.2) is 0 Å². The maximum atomic E-state index is 13.3. The largest absolute Gasteiger partial charge is 0.491 e. The van der Waals surface area contributed by atoms with E-state index in [1.165, 1.54) is 0 Å². The minimum atomic E-state index is -0.345. The first kappa shape index (κ1) is 28.4. The van der Waals surface area contributed by atoms with Crippen molar-refractivity contribution in [2.75, 3.05) is 59.8 Å². The van der Waals surface area contributed by atoms with Crippen LogP contribution < -0.4 is 15.4 Å². The summed E-state index contributed by atoms with van der Waals surface area (Å²) in [5, 5.41) is 5.54. The van der Waals surface area contributed by atoms with Crippen LogP contribution in [0.15, 0.2) is 18.2 Å². The summed E-state index contributed by atoms with van der Waals surface area (Å²) in [6, 6.07) is 4.35. The molecule has 1 aliphatic heterocycles. The molecule has 0 saturated carbocycles. The number of hydrogen-bond donors (Lipinski definition) is 2. The molecular weight excluding hydrogens is 450 g/mol. The second-order valence-corrected chi connectivity index (χ2v) is 9.85. The maximum Gasteiger partial charge on any atom is 0.319 e. The fourth-order valence-corrected chi connectivity index (χ4v) is 3.99. The predicted molar refractivity (Wildman–Crippen MR) is 136 cm³/mol. The summed E-state index contributed by atoms with van der Waals surface area (Å²) >= 11 is 0. The van der Waals surface area contributed by atoms with Gasteiger partial charge in [0.25, 0.3) is 5.91 Å². The van der Waals surface area contributed by atoms with Crippen LogP contribution in [-0.2, 0) is 9.53 Å². The van der Waals surface area contributed by atoms with Crippen molar-refractivity contribution in [2.45, 2.75) is 45.9 Å². The number of likely N-dealkylation sites (N-methyl/N-ethyl adjacent to an activating group) is 2. The Morgan fingerprint density at radius 1 is 1.23 bits per heavy atom. The molecule has 1 heterocycles. The lowest BCUT2D eigenvalue weighted by Crippen LogP contribution is -2.50. The zero-order valence-corrected chi connectivity index (χ0v) is 22.3. The number of fused-ring (bicyclic) bond motifs is 1. The number of nitrogens with zero attached hydrogens (tertiary/aromatic N) is 3. The second-order valence-electron chi connectivity index (χ2n) is 9.85. The topological polar surface area (TPSA) is 103 Å². The minimum absolute atomic E-state index is 0.00436. The Morgan fingerprint density at radius 3 is 2.51 bits per heavy atom. The third-order valence-corrected chi connectivity index (χ3v) is 5.90. The van der Waals surface area contributed by atoms with E-state index in [0.29, 0.717) is 30.1 Å². The quantitative estimate of drug-likeness (QED) is 0.654. The van der Waals surface area contributed by atoms with Gasteiger partial charge in [-0.15, -0.1) is 0 Å². The van der Waals surface area contributed by atoms with Crippen molar-refractivity contribution in [3.05, 3.63) is 23.8 Å². The molecule has 2 rings (SSSR count). The monoisotopic (exact) mass is 491 g/mol. The lowest BCUT2D eigenvalue weighted by Gasteiger charge is -2.36. The molecule has 0 radical (unpaired) electrons. The Balaban J connectivity index is 2.42. The van der Waals surface area contributed by atoms with Gasteiger partial charge in [-0.25, -0.2) is 4.79 Å². The fraction of sp³-hybridized carbons (Fsp3) is 0.640. The van der Waals surface area contributed by atoms with Crippen molar-refractivity contribution in [3.63, 3.8) is 0 Å². The van der Waals surface area contributed by atoms with Crippen molar-refractivity contribution < 1.29 is 23.9 Å². The van der Waals surface area contributed by atoms with Crippen molar-refractivity contribution in [1.82, 2.24) is 20.0 Å². The highest BCUT2D eigenvalue weighted by Gasteiger charge is 2.30. The Labute approximate surface area is 208 Å². The van der Waals surface area contributed by atoms with Gasteiger partial charge in [0.05, 0.1) is 24.3 Å². The van der Waals surface area contributed by atoms with Crippen LogP contribution in [0.5, 0.6) is 5.75 Å². The van der Waals surface area contributed by atoms with Gasteiger partial charge in [-0.05, 0) is 47.0 Å². The van der Waals surface area contributed by atoms with Crippen LogP contribution in [0.3, 0.4) is 0 Å². The van der Waals surface area contributed by atoms with Crippen molar-refractivity contribution in [1.29, 1.82) is 0 Å². The van der Waals surface area contributed by atoms with Crippen LogP contribution in [-0.4, -0.2) is 105 Å².